The van der Waals surface area contributed by atoms with Gasteiger partial charge in [0.1, 0.15) is 0 Å². The molecule has 0 unspecified atom stereocenters. The molecule has 0 aromatic carbocycles. The van der Waals surface area contributed by atoms with Crippen LogP contribution in [-0.4, -0.2) is 21.1 Å². The van der Waals surface area contributed by atoms with E-state index in [1.807, 2.05) is 0 Å². The molecule has 0 fully saturated rings. The standard InChI is InChI=1S/OSi.O.Si/c1-2;;. The van der Waals surface area contributed by atoms with Crippen LogP contribution in [0.1, 0.15) is 0 Å². The van der Waals surface area contributed by atoms with E-state index in [1.54, 1.807) is 10.1 Å². The average molecular weight is 88.2 g/mol. The molecule has 8 radical (unpaired) electrons. The van der Waals surface area contributed by atoms with Gasteiger partial charge in [-0.1, -0.05) is 0 Å². The van der Waals surface area contributed by atoms with E-state index >= 15 is 0 Å². The molecule has 2 nitrogen and oxygen atoms in total. The first-order chi connectivity index (χ1) is 1.00. The first-order valence-electron chi connectivity index (χ1n) is 0.204. The van der Waals surface area contributed by atoms with Crippen LogP contribution < -0.4 is 0 Å². The molecular weight excluding hydrogens is 88.2 g/mol. The van der Waals surface area contributed by atoms with Gasteiger partial charge >= 0.3 is 10.1 Å². The van der Waals surface area contributed by atoms with Gasteiger partial charge in [0.05, 0.1) is 0 Å². The largest absolute Gasteiger partial charge is 0.381 e. The van der Waals surface area contributed by atoms with E-state index in [-0.39, 0.29) is 16.4 Å². The fourth-order valence-electron chi connectivity index (χ4n) is 0. The third-order valence-electron chi connectivity index (χ3n) is 0. The highest BCUT2D eigenvalue weighted by atomic mass is 28.1. The van der Waals surface area contributed by atoms with Crippen molar-refractivity contribution in [2.24, 2.45) is 0 Å². The number of rotatable bonds is 0. The minimum Gasteiger partial charge on any atom is -0.381 e. The summed E-state index contributed by atoms with van der Waals surface area (Å²) in [6.07, 6.45) is 0. The maximum atomic E-state index is 8.06. The summed E-state index contributed by atoms with van der Waals surface area (Å²) in [6.45, 7) is 0. The van der Waals surface area contributed by atoms with Gasteiger partial charge in [-0.25, -0.2) is 0 Å². The summed E-state index contributed by atoms with van der Waals surface area (Å²) < 4.78 is 8.06. The second-order valence-electron chi connectivity index (χ2n) is 0. The highest BCUT2D eigenvalue weighted by Crippen LogP contribution is 0.469. The van der Waals surface area contributed by atoms with E-state index < -0.39 is 0 Å². The second-order valence-corrected chi connectivity index (χ2v) is 0. The van der Waals surface area contributed by atoms with Gasteiger partial charge in [-0.05, 0) is 0 Å². The Morgan fingerprint density at radius 3 is 1.25 bits per heavy atom. The van der Waals surface area contributed by atoms with Crippen LogP contribution >= 0.6 is 0 Å². The summed E-state index contributed by atoms with van der Waals surface area (Å²) in [5.74, 6) is 0. The topological polar surface area (TPSA) is 45.6 Å². The molecule has 0 aliphatic heterocycles. The van der Waals surface area contributed by atoms with E-state index in [2.05, 4.69) is 0 Å². The predicted molar refractivity (Wildman–Crippen MR) is 12.9 cm³/mol. The zero-order valence-corrected chi connectivity index (χ0v) is 3.82. The second kappa shape index (κ2) is 409. The monoisotopic (exact) mass is 87.9 g/mol. The van der Waals surface area contributed by atoms with Gasteiger partial charge in [0.25, 0.3) is 0 Å². The van der Waals surface area contributed by atoms with Crippen LogP contribution in [0.2, 0.25) is 0 Å². The molecule has 0 atom stereocenters. The van der Waals surface area contributed by atoms with Crippen LogP contribution in [0.5, 0.6) is 0 Å². The quantitative estimate of drug-likeness (QED) is 0.350. The molecular formula is O2Si2. The SMILES string of the molecule is O=[Si].[O].[Si]. The van der Waals surface area contributed by atoms with Gasteiger partial charge in [0, 0.05) is 16.4 Å². The van der Waals surface area contributed by atoms with Crippen LogP contribution in [0.25, 0.3) is 0 Å². The van der Waals surface area contributed by atoms with Crippen LogP contribution in [0, 0.1) is 0 Å². The predicted octanol–water partition coefficient (Wildman–Crippen LogP) is -0.999. The highest BCUT2D eigenvalue weighted by Gasteiger charge is 0.803. The third kappa shape index (κ3) is 83.3. The van der Waals surface area contributed by atoms with Gasteiger partial charge in [-0.3, -0.25) is 0 Å². The maximum absolute atomic E-state index is 8.06. The fourth-order valence-corrected chi connectivity index (χ4v) is 0. The minimum absolute atomic E-state index is 0. The van der Waals surface area contributed by atoms with Crippen molar-refractivity contribution in [1.29, 1.82) is 0 Å². The molecule has 0 aliphatic carbocycles. The van der Waals surface area contributed by atoms with Crippen LogP contribution in [0.4, 0.5) is 0 Å². The van der Waals surface area contributed by atoms with Crippen molar-refractivity contribution in [3.8, 4) is 0 Å². The summed E-state index contributed by atoms with van der Waals surface area (Å²) >= 11 is 0. The Hall–Kier alpha value is 0.194. The molecule has 0 spiro atoms. The first-order valence-corrected chi connectivity index (χ1v) is 0.612. The first kappa shape index (κ1) is 30.0. The van der Waals surface area contributed by atoms with Crippen LogP contribution in [0.15, 0.2) is 0 Å². The minimum atomic E-state index is 0. The van der Waals surface area contributed by atoms with E-state index in [1.165, 1.54) is 0 Å². The summed E-state index contributed by atoms with van der Waals surface area (Å²) in [4.78, 5) is 0. The van der Waals surface area contributed by atoms with Crippen molar-refractivity contribution < 1.29 is 9.94 Å². The summed E-state index contributed by atoms with van der Waals surface area (Å²) in [6, 6.07) is 0. The molecule has 0 aromatic heterocycles. The van der Waals surface area contributed by atoms with Crippen molar-refractivity contribution >= 4 is 21.1 Å². The zero-order chi connectivity index (χ0) is 2.00. The maximum Gasteiger partial charge on any atom is 0.381 e. The van der Waals surface area contributed by atoms with E-state index in [9.17, 15) is 0 Å². The van der Waals surface area contributed by atoms with Crippen molar-refractivity contribution in [2.45, 2.75) is 0 Å². The normalized spacial score (nSPS) is 1.00. The van der Waals surface area contributed by atoms with Gasteiger partial charge in [-0.15, -0.1) is 0 Å². The lowest BCUT2D eigenvalue weighted by atomic mass is 16.0. The smallest absolute Gasteiger partial charge is 0.381 e. The molecule has 0 aliphatic rings. The summed E-state index contributed by atoms with van der Waals surface area (Å²) in [5, 5.41) is 0. The zero-order valence-electron chi connectivity index (χ0n) is 1.82. The van der Waals surface area contributed by atoms with Crippen molar-refractivity contribution in [2.75, 3.05) is 0 Å². The Morgan fingerprint density at radius 1 is 1.25 bits per heavy atom. The lowest BCUT2D eigenvalue weighted by Crippen LogP contribution is -0.969. The number of hydrogen-bond donors (Lipinski definition) is 0. The number of hydrogen-bond acceptors (Lipinski definition) is 1. The molecule has 0 saturated heterocycles. The van der Waals surface area contributed by atoms with Gasteiger partial charge in [0.15, 0.2) is 0 Å². The van der Waals surface area contributed by atoms with Crippen molar-refractivity contribution in [3.63, 3.8) is 0 Å². The van der Waals surface area contributed by atoms with Crippen LogP contribution in [0.3, 0.4) is 0 Å². The Kier molecular flexibility index (Phi) is 3070. The fraction of sp³-hybridized carbons (Fsp3) is 0. The Labute approximate surface area is 32.0 Å². The Bertz CT molecular complexity index is 4.00. The molecule has 0 bridgehead atoms. The molecule has 20 valence electrons. The lowest BCUT2D eigenvalue weighted by molar-refractivity contribution is 0.590. The highest BCUT2D eigenvalue weighted by molar-refractivity contribution is 5.85. The molecule has 4 heteroatoms. The van der Waals surface area contributed by atoms with E-state index in [4.69, 9.17) is 4.46 Å². The van der Waals surface area contributed by atoms with Crippen molar-refractivity contribution in [3.05, 3.63) is 0 Å². The molecule has 0 rings (SSSR count). The molecule has 0 saturated carbocycles. The molecule has 0 aromatic rings. The lowest BCUT2D eigenvalue weighted by Gasteiger charge is -0.803. The molecule has 0 N–H and O–H groups in total. The Morgan fingerprint density at radius 2 is 1.25 bits per heavy atom. The molecule has 0 amide bonds. The molecule has 0 heterocycles. The van der Waals surface area contributed by atoms with E-state index in [0.29, 0.717) is 0 Å². The third-order valence-corrected chi connectivity index (χ3v) is 0. The summed E-state index contributed by atoms with van der Waals surface area (Å²) in [7, 11) is 1.72. The van der Waals surface area contributed by atoms with Gasteiger partial charge in [0.2, 0.25) is 0 Å². The van der Waals surface area contributed by atoms with E-state index in [0.717, 1.165) is 0 Å². The van der Waals surface area contributed by atoms with Crippen LogP contribution in [-0.2, 0) is 9.94 Å². The summed E-state index contributed by atoms with van der Waals surface area (Å²) in [5.41, 5.74) is 0. The Balaban J connectivity index is -0.00000000500. The average Bonchev–Trinajstić information content (AvgIpc) is 1.00. The van der Waals surface area contributed by atoms with Gasteiger partial charge < -0.3 is 4.46 Å². The van der Waals surface area contributed by atoms with Gasteiger partial charge in [-0.2, -0.15) is 0 Å². The molecule has 4 heavy (non-hydrogen) atoms. The van der Waals surface area contributed by atoms with Crippen molar-refractivity contribution in [1.82, 2.24) is 0 Å².